The van der Waals surface area contributed by atoms with E-state index in [2.05, 4.69) is 5.32 Å². The van der Waals surface area contributed by atoms with Crippen LogP contribution in [0.3, 0.4) is 0 Å². The quantitative estimate of drug-likeness (QED) is 0.841. The van der Waals surface area contributed by atoms with Gasteiger partial charge in [-0.15, -0.1) is 11.3 Å². The standard InChI is InChI=1S/C18H21NO4S/c1-22-15-8-12-5-6-18(21,14(12)10-16(15)23-2)11-19-17(20)9-13-4-3-7-24-13/h3-4,7-8,10,21H,5-6,9,11H2,1-2H3,(H,19,20). The summed E-state index contributed by atoms with van der Waals surface area (Å²) in [5.74, 6) is 1.16. The number of rotatable bonds is 6. The zero-order valence-electron chi connectivity index (χ0n) is 13.8. The van der Waals surface area contributed by atoms with Crippen LogP contribution in [0.4, 0.5) is 0 Å². The molecule has 128 valence electrons. The van der Waals surface area contributed by atoms with Crippen LogP contribution in [0.15, 0.2) is 29.6 Å². The SMILES string of the molecule is COc1cc2c(cc1OC)C(O)(CNC(=O)Cc1cccs1)CC2. The van der Waals surface area contributed by atoms with Gasteiger partial charge in [0.1, 0.15) is 5.60 Å². The molecule has 0 saturated heterocycles. The number of benzene rings is 1. The highest BCUT2D eigenvalue weighted by Crippen LogP contribution is 2.42. The van der Waals surface area contributed by atoms with E-state index in [1.54, 1.807) is 25.6 Å². The largest absolute Gasteiger partial charge is 0.493 e. The molecule has 3 rings (SSSR count). The molecule has 0 fully saturated rings. The average Bonchev–Trinajstić information content (AvgIpc) is 3.20. The fourth-order valence-electron chi connectivity index (χ4n) is 3.10. The van der Waals surface area contributed by atoms with Gasteiger partial charge >= 0.3 is 0 Å². The molecule has 0 saturated carbocycles. The van der Waals surface area contributed by atoms with E-state index < -0.39 is 5.60 Å². The smallest absolute Gasteiger partial charge is 0.225 e. The van der Waals surface area contributed by atoms with Crippen LogP contribution in [0.25, 0.3) is 0 Å². The minimum atomic E-state index is -1.07. The van der Waals surface area contributed by atoms with Crippen molar-refractivity contribution in [1.82, 2.24) is 5.32 Å². The number of ether oxygens (including phenoxy) is 2. The summed E-state index contributed by atoms with van der Waals surface area (Å²) in [6.45, 7) is 0.194. The second-order valence-electron chi connectivity index (χ2n) is 5.93. The molecular weight excluding hydrogens is 326 g/mol. The first-order valence-electron chi connectivity index (χ1n) is 7.82. The van der Waals surface area contributed by atoms with Crippen molar-refractivity contribution in [3.05, 3.63) is 45.6 Å². The van der Waals surface area contributed by atoms with E-state index in [4.69, 9.17) is 9.47 Å². The highest BCUT2D eigenvalue weighted by Gasteiger charge is 2.38. The molecule has 1 unspecified atom stereocenters. The van der Waals surface area contributed by atoms with Gasteiger partial charge in [-0.25, -0.2) is 0 Å². The maximum absolute atomic E-state index is 12.1. The van der Waals surface area contributed by atoms with E-state index in [0.717, 1.165) is 22.4 Å². The molecule has 1 aromatic carbocycles. The van der Waals surface area contributed by atoms with Crippen LogP contribution >= 0.6 is 11.3 Å². The first-order valence-corrected chi connectivity index (χ1v) is 8.70. The Morgan fingerprint density at radius 3 is 2.75 bits per heavy atom. The number of fused-ring (bicyclic) bond motifs is 1. The third-order valence-electron chi connectivity index (χ3n) is 4.41. The molecule has 0 bridgehead atoms. The Morgan fingerprint density at radius 1 is 1.33 bits per heavy atom. The second-order valence-corrected chi connectivity index (χ2v) is 6.96. The Morgan fingerprint density at radius 2 is 2.08 bits per heavy atom. The van der Waals surface area contributed by atoms with E-state index in [1.165, 1.54) is 0 Å². The number of hydrogen-bond donors (Lipinski definition) is 2. The molecule has 0 aliphatic heterocycles. The summed E-state index contributed by atoms with van der Waals surface area (Å²) >= 11 is 1.55. The third kappa shape index (κ3) is 3.25. The number of amides is 1. The molecule has 2 N–H and O–H groups in total. The highest BCUT2D eigenvalue weighted by atomic mass is 32.1. The normalized spacial score (nSPS) is 19.0. The highest BCUT2D eigenvalue weighted by molar-refractivity contribution is 7.10. The van der Waals surface area contributed by atoms with Crippen LogP contribution in [-0.4, -0.2) is 31.8 Å². The molecular formula is C18H21NO4S. The van der Waals surface area contributed by atoms with E-state index in [1.807, 2.05) is 29.6 Å². The molecule has 1 amide bonds. The fourth-order valence-corrected chi connectivity index (χ4v) is 3.80. The Bertz CT molecular complexity index is 729. The van der Waals surface area contributed by atoms with Crippen molar-refractivity contribution >= 4 is 17.2 Å². The average molecular weight is 347 g/mol. The third-order valence-corrected chi connectivity index (χ3v) is 5.29. The summed E-state index contributed by atoms with van der Waals surface area (Å²) in [4.78, 5) is 13.1. The van der Waals surface area contributed by atoms with Gasteiger partial charge in [-0.05, 0) is 47.5 Å². The number of nitrogens with one attached hydrogen (secondary N) is 1. The zero-order chi connectivity index (χ0) is 17.2. The van der Waals surface area contributed by atoms with Crippen molar-refractivity contribution in [3.63, 3.8) is 0 Å². The molecule has 5 nitrogen and oxygen atoms in total. The van der Waals surface area contributed by atoms with Crippen LogP contribution in [0.1, 0.15) is 22.4 Å². The Kier molecular flexibility index (Phi) is 4.78. The zero-order valence-corrected chi connectivity index (χ0v) is 14.6. The summed E-state index contributed by atoms with van der Waals surface area (Å²) in [7, 11) is 3.16. The van der Waals surface area contributed by atoms with Crippen molar-refractivity contribution in [2.75, 3.05) is 20.8 Å². The van der Waals surface area contributed by atoms with Gasteiger partial charge in [0.15, 0.2) is 11.5 Å². The summed E-state index contributed by atoms with van der Waals surface area (Å²) < 4.78 is 10.6. The molecule has 1 heterocycles. The molecule has 0 spiro atoms. The summed E-state index contributed by atoms with van der Waals surface area (Å²) in [5, 5.41) is 15.8. The molecule has 1 aromatic heterocycles. The number of aliphatic hydroxyl groups is 1. The van der Waals surface area contributed by atoms with Crippen LogP contribution in [0.5, 0.6) is 11.5 Å². The predicted octanol–water partition coefficient (Wildman–Crippen LogP) is 2.26. The van der Waals surface area contributed by atoms with Gasteiger partial charge in [-0.1, -0.05) is 6.07 Å². The summed E-state index contributed by atoms with van der Waals surface area (Å²) in [6, 6.07) is 7.57. The second kappa shape index (κ2) is 6.83. The van der Waals surface area contributed by atoms with Gasteiger partial charge in [0, 0.05) is 4.88 Å². The van der Waals surface area contributed by atoms with Crippen molar-refractivity contribution < 1.29 is 19.4 Å². The Hall–Kier alpha value is -2.05. The van der Waals surface area contributed by atoms with Gasteiger partial charge in [0.25, 0.3) is 0 Å². The lowest BCUT2D eigenvalue weighted by atomic mass is 9.95. The van der Waals surface area contributed by atoms with Crippen molar-refractivity contribution in [3.8, 4) is 11.5 Å². The van der Waals surface area contributed by atoms with Gasteiger partial charge in [0.2, 0.25) is 5.91 Å². The van der Waals surface area contributed by atoms with Gasteiger partial charge in [-0.3, -0.25) is 4.79 Å². The van der Waals surface area contributed by atoms with Crippen LogP contribution in [0, 0.1) is 0 Å². The topological polar surface area (TPSA) is 67.8 Å². The number of hydrogen-bond acceptors (Lipinski definition) is 5. The lowest BCUT2D eigenvalue weighted by Gasteiger charge is -2.25. The van der Waals surface area contributed by atoms with Gasteiger partial charge in [0.05, 0.1) is 27.2 Å². The molecule has 1 atom stereocenters. The Labute approximate surface area is 145 Å². The Balaban J connectivity index is 1.72. The lowest BCUT2D eigenvalue weighted by Crippen LogP contribution is -2.39. The van der Waals surface area contributed by atoms with Crippen LogP contribution in [0.2, 0.25) is 0 Å². The number of aryl methyl sites for hydroxylation is 1. The van der Waals surface area contributed by atoms with E-state index in [-0.39, 0.29) is 12.5 Å². The first-order chi connectivity index (χ1) is 11.6. The summed E-state index contributed by atoms with van der Waals surface area (Å²) in [6.07, 6.45) is 1.65. The first kappa shape index (κ1) is 16.8. The number of carbonyl (C=O) groups excluding carboxylic acids is 1. The summed E-state index contributed by atoms with van der Waals surface area (Å²) in [5.41, 5.74) is 0.763. The van der Waals surface area contributed by atoms with Crippen molar-refractivity contribution in [2.45, 2.75) is 24.9 Å². The monoisotopic (exact) mass is 347 g/mol. The van der Waals surface area contributed by atoms with Crippen LogP contribution < -0.4 is 14.8 Å². The van der Waals surface area contributed by atoms with E-state index in [9.17, 15) is 9.90 Å². The molecule has 1 aliphatic carbocycles. The maximum atomic E-state index is 12.1. The minimum absolute atomic E-state index is 0.0835. The molecule has 0 radical (unpaired) electrons. The van der Waals surface area contributed by atoms with Gasteiger partial charge < -0.3 is 19.9 Å². The molecule has 1 aliphatic rings. The molecule has 24 heavy (non-hydrogen) atoms. The van der Waals surface area contributed by atoms with Crippen molar-refractivity contribution in [1.29, 1.82) is 0 Å². The van der Waals surface area contributed by atoms with E-state index in [0.29, 0.717) is 24.3 Å². The number of thiophene rings is 1. The molecule has 2 aromatic rings. The molecule has 6 heteroatoms. The predicted molar refractivity (Wildman–Crippen MR) is 92.8 cm³/mol. The van der Waals surface area contributed by atoms with Crippen LogP contribution in [-0.2, 0) is 23.2 Å². The van der Waals surface area contributed by atoms with Gasteiger partial charge in [-0.2, -0.15) is 0 Å². The lowest BCUT2D eigenvalue weighted by molar-refractivity contribution is -0.121. The minimum Gasteiger partial charge on any atom is -0.493 e. The number of methoxy groups -OCH3 is 2. The van der Waals surface area contributed by atoms with Crippen molar-refractivity contribution in [2.24, 2.45) is 0 Å². The maximum Gasteiger partial charge on any atom is 0.225 e. The van der Waals surface area contributed by atoms with E-state index >= 15 is 0 Å². The fraction of sp³-hybridized carbons (Fsp3) is 0.389. The number of carbonyl (C=O) groups is 1.